The molecule has 0 amide bonds. The zero-order chi connectivity index (χ0) is 17.7. The number of benzene rings is 2. The molecule has 0 spiro atoms. The fourth-order valence-corrected chi connectivity index (χ4v) is 3.36. The molecule has 0 radical (unpaired) electrons. The van der Waals surface area contributed by atoms with Crippen molar-refractivity contribution in [2.45, 2.75) is 17.4 Å². The van der Waals surface area contributed by atoms with E-state index < -0.39 is 33.4 Å². The fourth-order valence-electron chi connectivity index (χ4n) is 2.10. The minimum absolute atomic E-state index is 0.323. The lowest BCUT2D eigenvalue weighted by Gasteiger charge is -2.19. The van der Waals surface area contributed by atoms with E-state index in [1.807, 2.05) is 0 Å². The third-order valence-electron chi connectivity index (χ3n) is 3.21. The topological polar surface area (TPSA) is 129 Å². The number of nitrogens with one attached hydrogen (secondary N) is 1. The van der Waals surface area contributed by atoms with Gasteiger partial charge in [0.25, 0.3) is 5.69 Å². The molecule has 0 fully saturated rings. The predicted octanol–water partition coefficient (Wildman–Crippen LogP) is 0.754. The summed E-state index contributed by atoms with van der Waals surface area (Å²) in [7, 11) is -4.15. The minimum atomic E-state index is -4.15. The van der Waals surface area contributed by atoms with Crippen LogP contribution in [-0.4, -0.2) is 19.3 Å². The van der Waals surface area contributed by atoms with Gasteiger partial charge in [-0.25, -0.2) is 13.1 Å². The number of carboxylic acids is 1. The molecule has 1 N–H and O–H groups in total. The van der Waals surface area contributed by atoms with Crippen molar-refractivity contribution >= 4 is 21.7 Å². The second kappa shape index (κ2) is 7.20. The summed E-state index contributed by atoms with van der Waals surface area (Å²) < 4.78 is 27.1. The van der Waals surface area contributed by atoms with Crippen LogP contribution < -0.4 is 9.83 Å². The maximum atomic E-state index is 12.4. The minimum Gasteiger partial charge on any atom is -0.550 e. The highest BCUT2D eigenvalue weighted by Crippen LogP contribution is 2.22. The number of carbonyl (C=O) groups is 1. The molecule has 0 heterocycles. The molecule has 1 atom stereocenters. The number of hydrogen-bond donors (Lipinski definition) is 1. The molecule has 0 aliphatic carbocycles. The summed E-state index contributed by atoms with van der Waals surface area (Å²) in [5.41, 5.74) is 0.0599. The van der Waals surface area contributed by atoms with Crippen molar-refractivity contribution in [3.63, 3.8) is 0 Å². The number of hydrogen-bond acceptors (Lipinski definition) is 6. The molecule has 8 nitrogen and oxygen atoms in total. The Hall–Kier alpha value is -2.78. The van der Waals surface area contributed by atoms with E-state index in [1.54, 1.807) is 30.3 Å². The highest BCUT2D eigenvalue weighted by molar-refractivity contribution is 7.89. The molecular weight excluding hydrogens is 336 g/mol. The van der Waals surface area contributed by atoms with Gasteiger partial charge in [-0.05, 0) is 11.6 Å². The van der Waals surface area contributed by atoms with Crippen LogP contribution >= 0.6 is 0 Å². The molecule has 2 aromatic rings. The Balaban J connectivity index is 2.35. The van der Waals surface area contributed by atoms with Gasteiger partial charge in [0, 0.05) is 24.5 Å². The standard InChI is InChI=1S/C15H14N2O6S/c18-15(19)10-14(11-5-2-1-3-6-11)16-24(22,23)13-8-4-7-12(9-13)17(20)21/h1-9,14,16H,10H2,(H,18,19)/p-1. The first kappa shape index (κ1) is 17.6. The van der Waals surface area contributed by atoms with Crippen LogP contribution in [0.5, 0.6) is 0 Å². The molecule has 0 bridgehead atoms. The molecule has 2 aromatic carbocycles. The number of nitrogens with zero attached hydrogens (tertiary/aromatic N) is 1. The number of carboxylic acid groups (broad SMARTS) is 1. The molecule has 0 saturated carbocycles. The average molecular weight is 349 g/mol. The summed E-state index contributed by atoms with van der Waals surface area (Å²) in [5.74, 6) is -1.43. The molecule has 0 aliphatic rings. The zero-order valence-electron chi connectivity index (χ0n) is 12.3. The lowest BCUT2D eigenvalue weighted by atomic mass is 10.1. The van der Waals surface area contributed by atoms with Crippen molar-refractivity contribution in [2.75, 3.05) is 0 Å². The van der Waals surface area contributed by atoms with E-state index in [4.69, 9.17) is 0 Å². The van der Waals surface area contributed by atoms with E-state index >= 15 is 0 Å². The van der Waals surface area contributed by atoms with Crippen molar-refractivity contribution < 1.29 is 23.2 Å². The first-order valence-corrected chi connectivity index (χ1v) is 8.29. The molecule has 0 aliphatic heterocycles. The van der Waals surface area contributed by atoms with Gasteiger partial charge >= 0.3 is 0 Å². The highest BCUT2D eigenvalue weighted by Gasteiger charge is 2.23. The molecule has 1 unspecified atom stereocenters. The van der Waals surface area contributed by atoms with Crippen molar-refractivity contribution in [3.05, 3.63) is 70.3 Å². The van der Waals surface area contributed by atoms with Crippen molar-refractivity contribution in [2.24, 2.45) is 0 Å². The predicted molar refractivity (Wildman–Crippen MR) is 82.2 cm³/mol. The Bertz CT molecular complexity index is 851. The van der Waals surface area contributed by atoms with Crippen LogP contribution in [0, 0.1) is 10.1 Å². The van der Waals surface area contributed by atoms with Crippen molar-refractivity contribution in [1.82, 2.24) is 4.72 Å². The first-order chi connectivity index (χ1) is 11.3. The van der Waals surface area contributed by atoms with E-state index in [0.29, 0.717) is 5.56 Å². The maximum absolute atomic E-state index is 12.4. The van der Waals surface area contributed by atoms with Crippen LogP contribution in [0.3, 0.4) is 0 Å². The molecular formula is C15H13N2O6S-. The molecule has 0 saturated heterocycles. The second-order valence-corrected chi connectivity index (χ2v) is 6.63. The zero-order valence-corrected chi connectivity index (χ0v) is 13.1. The van der Waals surface area contributed by atoms with Crippen LogP contribution in [0.1, 0.15) is 18.0 Å². The second-order valence-electron chi connectivity index (χ2n) is 4.92. The van der Waals surface area contributed by atoms with Crippen LogP contribution in [0.25, 0.3) is 0 Å². The van der Waals surface area contributed by atoms with Gasteiger partial charge in [0.1, 0.15) is 0 Å². The number of sulfonamides is 1. The highest BCUT2D eigenvalue weighted by atomic mass is 32.2. The van der Waals surface area contributed by atoms with Gasteiger partial charge in [-0.3, -0.25) is 10.1 Å². The normalized spacial score (nSPS) is 12.5. The quantitative estimate of drug-likeness (QED) is 0.580. The van der Waals surface area contributed by atoms with Gasteiger partial charge in [0.2, 0.25) is 10.0 Å². The number of rotatable bonds is 7. The maximum Gasteiger partial charge on any atom is 0.270 e. The Morgan fingerprint density at radius 3 is 2.38 bits per heavy atom. The third-order valence-corrected chi connectivity index (χ3v) is 4.68. The van der Waals surface area contributed by atoms with Crippen LogP contribution in [0.15, 0.2) is 59.5 Å². The average Bonchev–Trinajstić information content (AvgIpc) is 2.54. The third kappa shape index (κ3) is 4.37. The largest absolute Gasteiger partial charge is 0.550 e. The van der Waals surface area contributed by atoms with Crippen LogP contribution in [-0.2, 0) is 14.8 Å². The summed E-state index contributed by atoms with van der Waals surface area (Å²) >= 11 is 0. The molecule has 126 valence electrons. The number of non-ortho nitro benzene ring substituents is 1. The molecule has 24 heavy (non-hydrogen) atoms. The lowest BCUT2D eigenvalue weighted by Crippen LogP contribution is -2.34. The van der Waals surface area contributed by atoms with E-state index in [9.17, 15) is 28.4 Å². The monoisotopic (exact) mass is 349 g/mol. The van der Waals surface area contributed by atoms with E-state index in [-0.39, 0.29) is 10.6 Å². The van der Waals surface area contributed by atoms with E-state index in [0.717, 1.165) is 12.1 Å². The summed E-state index contributed by atoms with van der Waals surface area (Å²) in [5, 5.41) is 21.7. The first-order valence-electron chi connectivity index (χ1n) is 6.81. The Kier molecular flexibility index (Phi) is 5.27. The van der Waals surface area contributed by atoms with E-state index in [2.05, 4.69) is 4.72 Å². The lowest BCUT2D eigenvalue weighted by molar-refractivity contribution is -0.385. The fraction of sp³-hybridized carbons (Fsp3) is 0.133. The summed E-state index contributed by atoms with van der Waals surface area (Å²) in [6.07, 6.45) is -0.571. The van der Waals surface area contributed by atoms with Gasteiger partial charge in [-0.15, -0.1) is 0 Å². The van der Waals surface area contributed by atoms with Gasteiger partial charge in [-0.1, -0.05) is 36.4 Å². The number of aliphatic carboxylic acids is 1. The van der Waals surface area contributed by atoms with Crippen LogP contribution in [0.2, 0.25) is 0 Å². The van der Waals surface area contributed by atoms with Gasteiger partial charge in [0.15, 0.2) is 0 Å². The summed E-state index contributed by atoms with van der Waals surface area (Å²) in [4.78, 5) is 20.7. The Morgan fingerprint density at radius 2 is 1.79 bits per heavy atom. The molecule has 2 rings (SSSR count). The van der Waals surface area contributed by atoms with Crippen molar-refractivity contribution in [3.8, 4) is 0 Å². The summed E-state index contributed by atoms with van der Waals surface area (Å²) in [6, 6.07) is 11.6. The Morgan fingerprint density at radius 1 is 1.12 bits per heavy atom. The van der Waals surface area contributed by atoms with Gasteiger partial charge in [0.05, 0.1) is 15.9 Å². The van der Waals surface area contributed by atoms with Crippen molar-refractivity contribution in [1.29, 1.82) is 0 Å². The van der Waals surface area contributed by atoms with Crippen LogP contribution in [0.4, 0.5) is 5.69 Å². The van der Waals surface area contributed by atoms with E-state index in [1.165, 1.54) is 12.1 Å². The Labute approximate surface area is 138 Å². The summed E-state index contributed by atoms with van der Waals surface area (Å²) in [6.45, 7) is 0. The number of nitro benzene ring substituents is 1. The number of carbonyl (C=O) groups excluding carboxylic acids is 1. The van der Waals surface area contributed by atoms with Gasteiger partial charge in [-0.2, -0.15) is 0 Å². The van der Waals surface area contributed by atoms with Gasteiger partial charge < -0.3 is 9.90 Å². The molecule has 9 heteroatoms. The number of nitro groups is 1. The molecule has 0 aromatic heterocycles. The SMILES string of the molecule is O=C([O-])CC(NS(=O)(=O)c1cccc([N+](=O)[O-])c1)c1ccccc1. The smallest absolute Gasteiger partial charge is 0.270 e.